The number of nitrogens with zero attached hydrogens (tertiary/aromatic N) is 5. The van der Waals surface area contributed by atoms with Crippen LogP contribution in [-0.4, -0.2) is 63.8 Å². The van der Waals surface area contributed by atoms with Gasteiger partial charge in [-0.05, 0) is 38.9 Å². The summed E-state index contributed by atoms with van der Waals surface area (Å²) in [7, 11) is 2.17. The summed E-state index contributed by atoms with van der Waals surface area (Å²) in [6, 6.07) is 2.64. The SMILES string of the molecule is C=c1[nH]c(=O)s/c1=C\c1cnn2c(NC3CC3)cc(N3CCCN(C)CC3)nc12. The Balaban J connectivity index is 1.62. The molecule has 2 fully saturated rings. The molecule has 0 unspecified atom stereocenters. The minimum absolute atomic E-state index is 0.101. The highest BCUT2D eigenvalue weighted by Crippen LogP contribution is 2.28. The van der Waals surface area contributed by atoms with Gasteiger partial charge in [-0.3, -0.25) is 4.79 Å². The van der Waals surface area contributed by atoms with Gasteiger partial charge in [-0.25, -0.2) is 4.98 Å². The van der Waals surface area contributed by atoms with Gasteiger partial charge < -0.3 is 20.1 Å². The van der Waals surface area contributed by atoms with E-state index in [1.165, 1.54) is 12.8 Å². The Morgan fingerprint density at radius 1 is 1.31 bits per heavy atom. The Morgan fingerprint density at radius 2 is 2.17 bits per heavy atom. The maximum atomic E-state index is 11.7. The molecule has 1 saturated heterocycles. The van der Waals surface area contributed by atoms with Crippen LogP contribution in [0.3, 0.4) is 0 Å². The number of hydrogen-bond donors (Lipinski definition) is 2. The highest BCUT2D eigenvalue weighted by Gasteiger charge is 2.24. The van der Waals surface area contributed by atoms with Gasteiger partial charge in [-0.2, -0.15) is 9.61 Å². The molecule has 5 rings (SSSR count). The summed E-state index contributed by atoms with van der Waals surface area (Å²) >= 11 is 1.16. The number of anilines is 2. The van der Waals surface area contributed by atoms with Gasteiger partial charge in [0.1, 0.15) is 11.6 Å². The zero-order valence-electron chi connectivity index (χ0n) is 16.5. The second-order valence-corrected chi connectivity index (χ2v) is 8.91. The van der Waals surface area contributed by atoms with Crippen molar-refractivity contribution in [2.24, 2.45) is 0 Å². The van der Waals surface area contributed by atoms with Crippen LogP contribution in [0.2, 0.25) is 0 Å². The molecule has 3 aromatic rings. The lowest BCUT2D eigenvalue weighted by molar-refractivity contribution is 0.360. The molecule has 0 radical (unpaired) electrons. The monoisotopic (exact) mass is 411 g/mol. The summed E-state index contributed by atoms with van der Waals surface area (Å²) in [6.07, 6.45) is 7.26. The smallest absolute Gasteiger partial charge is 0.305 e. The summed E-state index contributed by atoms with van der Waals surface area (Å²) in [5.41, 5.74) is 1.68. The number of nitrogens with one attached hydrogen (secondary N) is 2. The fourth-order valence-corrected chi connectivity index (χ4v) is 4.41. The lowest BCUT2D eigenvalue weighted by Crippen LogP contribution is -2.29. The minimum Gasteiger partial charge on any atom is -0.367 e. The van der Waals surface area contributed by atoms with Crippen LogP contribution < -0.4 is 25.0 Å². The molecule has 0 spiro atoms. The van der Waals surface area contributed by atoms with Crippen molar-refractivity contribution in [3.63, 3.8) is 0 Å². The van der Waals surface area contributed by atoms with E-state index in [0.29, 0.717) is 11.4 Å². The maximum absolute atomic E-state index is 11.7. The zero-order chi connectivity index (χ0) is 20.0. The lowest BCUT2D eigenvalue weighted by atomic mass is 10.3. The molecule has 4 heterocycles. The van der Waals surface area contributed by atoms with E-state index < -0.39 is 0 Å². The van der Waals surface area contributed by atoms with Crippen molar-refractivity contribution in [2.75, 3.05) is 43.4 Å². The summed E-state index contributed by atoms with van der Waals surface area (Å²) < 4.78 is 2.68. The predicted molar refractivity (Wildman–Crippen MR) is 117 cm³/mol. The Morgan fingerprint density at radius 3 is 2.93 bits per heavy atom. The molecular weight excluding hydrogens is 386 g/mol. The number of aromatic amines is 1. The van der Waals surface area contributed by atoms with Crippen LogP contribution in [0.15, 0.2) is 17.1 Å². The normalized spacial score (nSPS) is 19.1. The number of rotatable bonds is 4. The van der Waals surface area contributed by atoms with E-state index in [4.69, 9.17) is 4.98 Å². The number of hydrogen-bond acceptors (Lipinski definition) is 7. The van der Waals surface area contributed by atoms with E-state index in [0.717, 1.165) is 71.3 Å². The Kier molecular flexibility index (Phi) is 4.63. The average Bonchev–Trinajstić information content (AvgIpc) is 3.38. The Hall–Kier alpha value is -2.65. The molecule has 152 valence electrons. The first-order valence-corrected chi connectivity index (χ1v) is 10.9. The number of H-pyrrole nitrogens is 1. The van der Waals surface area contributed by atoms with Gasteiger partial charge in [0.25, 0.3) is 0 Å². The fraction of sp³-hybridized carbons (Fsp3) is 0.450. The summed E-state index contributed by atoms with van der Waals surface area (Å²) in [4.78, 5) is 24.0. The summed E-state index contributed by atoms with van der Waals surface area (Å²) in [5.74, 6) is 1.95. The van der Waals surface area contributed by atoms with Crippen molar-refractivity contribution < 1.29 is 0 Å². The van der Waals surface area contributed by atoms with Crippen LogP contribution in [0.4, 0.5) is 11.6 Å². The molecule has 2 aliphatic rings. The van der Waals surface area contributed by atoms with Gasteiger partial charge in [0.15, 0.2) is 5.65 Å². The molecule has 0 amide bonds. The Labute approximate surface area is 172 Å². The van der Waals surface area contributed by atoms with Gasteiger partial charge in [-0.1, -0.05) is 17.9 Å². The third-order valence-electron chi connectivity index (χ3n) is 5.50. The van der Waals surface area contributed by atoms with Gasteiger partial charge in [0, 0.05) is 37.3 Å². The van der Waals surface area contributed by atoms with Gasteiger partial charge >= 0.3 is 4.87 Å². The fourth-order valence-electron chi connectivity index (χ4n) is 3.68. The first-order chi connectivity index (χ1) is 14.1. The third kappa shape index (κ3) is 3.79. The van der Waals surface area contributed by atoms with Crippen LogP contribution in [0, 0.1) is 0 Å². The number of fused-ring (bicyclic) bond motifs is 1. The molecule has 2 N–H and O–H groups in total. The van der Waals surface area contributed by atoms with Gasteiger partial charge in [0.05, 0.1) is 16.1 Å². The molecule has 29 heavy (non-hydrogen) atoms. The topological polar surface area (TPSA) is 81.6 Å². The molecule has 1 saturated carbocycles. The van der Waals surface area contributed by atoms with Crippen molar-refractivity contribution in [3.8, 4) is 0 Å². The molecule has 1 aliphatic carbocycles. The van der Waals surface area contributed by atoms with E-state index in [1.807, 2.05) is 16.8 Å². The molecule has 8 nitrogen and oxygen atoms in total. The molecule has 9 heteroatoms. The van der Waals surface area contributed by atoms with E-state index in [-0.39, 0.29) is 4.87 Å². The lowest BCUT2D eigenvalue weighted by Gasteiger charge is -2.23. The summed E-state index contributed by atoms with van der Waals surface area (Å²) in [5, 5.41) is 8.80. The van der Waals surface area contributed by atoms with E-state index in [1.54, 1.807) is 0 Å². The second-order valence-electron chi connectivity index (χ2n) is 7.90. The van der Waals surface area contributed by atoms with Crippen LogP contribution in [-0.2, 0) is 0 Å². The highest BCUT2D eigenvalue weighted by molar-refractivity contribution is 7.07. The quantitative estimate of drug-likeness (QED) is 0.648. The molecule has 0 atom stereocenters. The Bertz CT molecular complexity index is 1210. The van der Waals surface area contributed by atoms with Gasteiger partial charge in [-0.15, -0.1) is 0 Å². The van der Waals surface area contributed by atoms with Crippen molar-refractivity contribution in [1.82, 2.24) is 24.5 Å². The van der Waals surface area contributed by atoms with Gasteiger partial charge in [0.2, 0.25) is 0 Å². The maximum Gasteiger partial charge on any atom is 0.305 e. The molecule has 3 aromatic heterocycles. The van der Waals surface area contributed by atoms with E-state index in [9.17, 15) is 4.79 Å². The first-order valence-electron chi connectivity index (χ1n) is 10.1. The highest BCUT2D eigenvalue weighted by atomic mass is 32.1. The summed E-state index contributed by atoms with van der Waals surface area (Å²) in [6.45, 7) is 8.01. The van der Waals surface area contributed by atoms with Crippen molar-refractivity contribution in [1.29, 1.82) is 0 Å². The largest absolute Gasteiger partial charge is 0.367 e. The molecular formula is C20H25N7OS. The number of thiazole rings is 1. The minimum atomic E-state index is -0.101. The van der Waals surface area contributed by atoms with E-state index in [2.05, 4.69) is 44.9 Å². The third-order valence-corrected chi connectivity index (χ3v) is 6.37. The molecule has 1 aliphatic heterocycles. The predicted octanol–water partition coefficient (Wildman–Crippen LogP) is 0.434. The zero-order valence-corrected chi connectivity index (χ0v) is 17.3. The number of aromatic nitrogens is 4. The van der Waals surface area contributed by atoms with Crippen LogP contribution >= 0.6 is 11.3 Å². The van der Waals surface area contributed by atoms with Crippen LogP contribution in [0.1, 0.15) is 24.8 Å². The van der Waals surface area contributed by atoms with Crippen LogP contribution in [0.5, 0.6) is 0 Å². The van der Waals surface area contributed by atoms with Crippen molar-refractivity contribution in [2.45, 2.75) is 25.3 Å². The van der Waals surface area contributed by atoms with Crippen molar-refractivity contribution in [3.05, 3.63) is 37.4 Å². The average molecular weight is 412 g/mol. The second kappa shape index (κ2) is 7.31. The van der Waals surface area contributed by atoms with Crippen molar-refractivity contribution >= 4 is 41.3 Å². The standard InChI is InChI=1S/C20H25N7OS/c1-13-16(29-20(28)22-13)10-14-12-21-27-18(23-15-4-5-15)11-17(24-19(14)27)26-7-3-6-25(2)8-9-26/h10-12,15,23H,1,3-9H2,2H3,(H,22,28)/b16-10-. The molecule has 0 bridgehead atoms. The molecule has 0 aromatic carbocycles. The number of likely N-dealkylation sites (N-methyl/N-ethyl adjacent to an activating group) is 1. The van der Waals surface area contributed by atoms with Crippen LogP contribution in [0.25, 0.3) is 18.3 Å². The first kappa shape index (κ1) is 18.4. The van der Waals surface area contributed by atoms with E-state index >= 15 is 0 Å².